The second kappa shape index (κ2) is 7.53. The van der Waals surface area contributed by atoms with Crippen LogP contribution in [0.1, 0.15) is 32.1 Å². The third-order valence-electron chi connectivity index (χ3n) is 2.60. The van der Waals surface area contributed by atoms with Crippen molar-refractivity contribution in [3.05, 3.63) is 6.92 Å². The minimum atomic E-state index is 0. The Morgan fingerprint density at radius 3 is 2.17 bits per heavy atom. The van der Waals surface area contributed by atoms with E-state index in [1.807, 2.05) is 0 Å². The first-order valence-corrected chi connectivity index (χ1v) is 5.11. The zero-order valence-corrected chi connectivity index (χ0v) is 14.4. The van der Waals surface area contributed by atoms with Gasteiger partial charge in [-0.2, -0.15) is 6.42 Å². The van der Waals surface area contributed by atoms with Crippen molar-refractivity contribution in [2.24, 2.45) is 11.8 Å². The van der Waals surface area contributed by atoms with Crippen molar-refractivity contribution in [1.82, 2.24) is 0 Å². The van der Waals surface area contributed by atoms with Crippen LogP contribution in [-0.4, -0.2) is 4.20 Å². The first kappa shape index (κ1) is 14.2. The van der Waals surface area contributed by atoms with Crippen LogP contribution in [0.5, 0.6) is 0 Å². The molecule has 0 N–H and O–H groups in total. The third kappa shape index (κ3) is 4.65. The van der Waals surface area contributed by atoms with Crippen molar-refractivity contribution in [3.8, 4) is 0 Å². The predicted octanol–water partition coefficient (Wildman–Crippen LogP) is 0.278. The van der Waals surface area contributed by atoms with E-state index >= 15 is 0 Å². The second-order valence-electron chi connectivity index (χ2n) is 3.34. The molecule has 64 valence electrons. The molecule has 1 aliphatic rings. The number of thiol groups is 1. The van der Waals surface area contributed by atoms with E-state index in [0.29, 0.717) is 5.92 Å². The van der Waals surface area contributed by atoms with Gasteiger partial charge in [0.25, 0.3) is 0 Å². The Hall–Kier alpha value is 2.25. The van der Waals surface area contributed by atoms with Gasteiger partial charge in [-0.3, -0.25) is 0 Å². The first-order chi connectivity index (χ1) is 5.24. The van der Waals surface area contributed by atoms with Crippen LogP contribution in [0.25, 0.3) is 0 Å². The average molecular weight is 273 g/mol. The fraction of sp³-hybridized carbons (Fsp3) is 0.778. The smallest absolute Gasteiger partial charge is 0.343 e. The Morgan fingerprint density at radius 1 is 1.33 bits per heavy atom. The molecule has 0 bridgehead atoms. The zero-order chi connectivity index (χ0) is 8.27. The first-order valence-electron chi connectivity index (χ1n) is 4.26. The van der Waals surface area contributed by atoms with Crippen LogP contribution < -0.4 is 58.2 Å². The molecule has 1 aliphatic carbocycles. The summed E-state index contributed by atoms with van der Waals surface area (Å²) in [5.74, 6) is 1.46. The molecule has 1 fully saturated rings. The maximum absolute atomic E-state index is 5.04. The van der Waals surface area contributed by atoms with Gasteiger partial charge in [0.15, 0.2) is 0 Å². The molecule has 0 amide bonds. The van der Waals surface area contributed by atoms with Crippen molar-refractivity contribution in [1.29, 1.82) is 0 Å². The van der Waals surface area contributed by atoms with Gasteiger partial charge in [0, 0.05) is 4.20 Å². The van der Waals surface area contributed by atoms with Crippen LogP contribution in [-0.2, 0) is 0 Å². The molecular weight excluding hydrogens is 258 g/mol. The Labute approximate surface area is 135 Å². The van der Waals surface area contributed by atoms with Crippen LogP contribution in [0.3, 0.4) is 0 Å². The minimum absolute atomic E-state index is 0. The number of hydrogen-bond donors (Lipinski definition) is 1. The standard InChI is InChI=1S/C9H15S2.Rb/c1-2-7-3-5-8(6-4-7)9(10)11;/h7-8H,1-6H2,(H,10,11);/q-1;+1. The summed E-state index contributed by atoms with van der Waals surface area (Å²) >= 11 is 9.25. The van der Waals surface area contributed by atoms with Crippen molar-refractivity contribution in [2.45, 2.75) is 32.1 Å². The predicted molar refractivity (Wildman–Crippen MR) is 57.0 cm³/mol. The van der Waals surface area contributed by atoms with E-state index in [-0.39, 0.29) is 58.2 Å². The zero-order valence-electron chi connectivity index (χ0n) is 7.75. The van der Waals surface area contributed by atoms with Crippen molar-refractivity contribution in [3.63, 3.8) is 0 Å². The van der Waals surface area contributed by atoms with Gasteiger partial charge >= 0.3 is 58.2 Å². The second-order valence-corrected chi connectivity index (χ2v) is 4.57. The molecule has 0 atom stereocenters. The van der Waals surface area contributed by atoms with Gasteiger partial charge in [0.1, 0.15) is 0 Å². The third-order valence-corrected chi connectivity index (χ3v) is 3.30. The molecular formula is C9H15RbS2. The quantitative estimate of drug-likeness (QED) is 0.428. The van der Waals surface area contributed by atoms with E-state index in [0.717, 1.165) is 16.5 Å². The molecule has 0 unspecified atom stereocenters. The van der Waals surface area contributed by atoms with E-state index in [4.69, 9.17) is 12.2 Å². The van der Waals surface area contributed by atoms with Gasteiger partial charge in [-0.25, -0.2) is 0 Å². The molecule has 0 heterocycles. The summed E-state index contributed by atoms with van der Waals surface area (Å²) in [4.78, 5) is 0. The van der Waals surface area contributed by atoms with Crippen molar-refractivity contribution in [2.75, 3.05) is 0 Å². The van der Waals surface area contributed by atoms with Gasteiger partial charge in [-0.1, -0.05) is 31.0 Å². The summed E-state index contributed by atoms with van der Waals surface area (Å²) in [6.07, 6.45) is 6.17. The SMILES string of the molecule is [CH2-]CC1CCC(C(=S)S)CC1.[Rb+]. The molecule has 12 heavy (non-hydrogen) atoms. The minimum Gasteiger partial charge on any atom is -0.343 e. The molecule has 1 saturated carbocycles. The fourth-order valence-corrected chi connectivity index (χ4v) is 2.19. The maximum atomic E-state index is 5.04. The van der Waals surface area contributed by atoms with Crippen LogP contribution >= 0.6 is 24.8 Å². The van der Waals surface area contributed by atoms with Crippen molar-refractivity contribution < 1.29 is 58.2 Å². The summed E-state index contributed by atoms with van der Waals surface area (Å²) in [7, 11) is 0. The van der Waals surface area contributed by atoms with E-state index in [9.17, 15) is 0 Å². The van der Waals surface area contributed by atoms with Crippen LogP contribution in [0.4, 0.5) is 0 Å². The molecule has 0 aromatic rings. The number of thiocarbonyl (C=S) groups is 1. The summed E-state index contributed by atoms with van der Waals surface area (Å²) in [5, 5.41) is 0. The summed E-state index contributed by atoms with van der Waals surface area (Å²) in [6, 6.07) is 0. The van der Waals surface area contributed by atoms with E-state index < -0.39 is 0 Å². The topological polar surface area (TPSA) is 0 Å². The monoisotopic (exact) mass is 272 g/mol. The summed E-state index contributed by atoms with van der Waals surface area (Å²) in [6.45, 7) is 3.93. The number of rotatable bonds is 2. The van der Waals surface area contributed by atoms with Gasteiger partial charge < -0.3 is 6.92 Å². The van der Waals surface area contributed by atoms with Crippen LogP contribution in [0, 0.1) is 18.8 Å². The molecule has 0 aromatic heterocycles. The van der Waals surface area contributed by atoms with Crippen LogP contribution in [0.2, 0.25) is 0 Å². The fourth-order valence-electron chi connectivity index (χ4n) is 1.70. The molecule has 0 spiro atoms. The van der Waals surface area contributed by atoms with Gasteiger partial charge in [0.05, 0.1) is 0 Å². The van der Waals surface area contributed by atoms with E-state index in [2.05, 4.69) is 19.6 Å². The molecule has 1 rings (SSSR count). The summed E-state index contributed by atoms with van der Waals surface area (Å²) in [5.41, 5.74) is 0. The van der Waals surface area contributed by atoms with Gasteiger partial charge in [-0.05, 0) is 18.8 Å². The average Bonchev–Trinajstić information content (AvgIpc) is 2.05. The summed E-state index contributed by atoms with van der Waals surface area (Å²) < 4.78 is 0.910. The van der Waals surface area contributed by atoms with Crippen molar-refractivity contribution >= 4 is 29.0 Å². The Balaban J connectivity index is 0.00000121. The van der Waals surface area contributed by atoms with E-state index in [1.165, 1.54) is 25.7 Å². The normalized spacial score (nSPS) is 29.2. The number of hydrogen-bond acceptors (Lipinski definition) is 1. The Morgan fingerprint density at radius 2 is 1.83 bits per heavy atom. The maximum Gasteiger partial charge on any atom is 1.00 e. The van der Waals surface area contributed by atoms with Crippen LogP contribution in [0.15, 0.2) is 0 Å². The molecule has 0 aliphatic heterocycles. The molecule has 0 radical (unpaired) electrons. The largest absolute Gasteiger partial charge is 1.00 e. The van der Waals surface area contributed by atoms with Gasteiger partial charge in [-0.15, -0.1) is 12.6 Å². The molecule has 0 nitrogen and oxygen atoms in total. The Bertz CT molecular complexity index is 139. The van der Waals surface area contributed by atoms with Gasteiger partial charge in [0.2, 0.25) is 0 Å². The molecule has 3 heteroatoms. The Kier molecular flexibility index (Phi) is 8.93. The molecule has 0 aromatic carbocycles. The molecule has 0 saturated heterocycles. The van der Waals surface area contributed by atoms with E-state index in [1.54, 1.807) is 0 Å².